The van der Waals surface area contributed by atoms with Crippen LogP contribution in [0, 0.1) is 5.92 Å². The topological polar surface area (TPSA) is 54.3 Å². The van der Waals surface area contributed by atoms with Gasteiger partial charge in [-0.15, -0.1) is 0 Å². The first-order valence-electron chi connectivity index (χ1n) is 8.12. The highest BCUT2D eigenvalue weighted by Crippen LogP contribution is 2.23. The van der Waals surface area contributed by atoms with Gasteiger partial charge in [0, 0.05) is 36.9 Å². The van der Waals surface area contributed by atoms with Gasteiger partial charge in [0.2, 0.25) is 0 Å². The van der Waals surface area contributed by atoms with Crippen molar-refractivity contribution in [2.75, 3.05) is 26.3 Å². The third-order valence-corrected chi connectivity index (χ3v) is 4.47. The molecular weight excluding hydrogens is 290 g/mol. The molecule has 0 bridgehead atoms. The Kier molecular flexibility index (Phi) is 4.13. The van der Waals surface area contributed by atoms with Crippen LogP contribution in [0.15, 0.2) is 47.2 Å². The highest BCUT2D eigenvalue weighted by atomic mass is 16.5. The van der Waals surface area contributed by atoms with Crippen molar-refractivity contribution in [3.8, 4) is 0 Å². The van der Waals surface area contributed by atoms with Gasteiger partial charge in [-0.05, 0) is 36.1 Å². The predicted molar refractivity (Wildman–Crippen MR) is 88.1 cm³/mol. The van der Waals surface area contributed by atoms with E-state index in [0.29, 0.717) is 5.92 Å². The van der Waals surface area contributed by atoms with Crippen molar-refractivity contribution in [1.82, 2.24) is 15.1 Å². The number of benzene rings is 1. The van der Waals surface area contributed by atoms with E-state index in [-0.39, 0.29) is 0 Å². The summed E-state index contributed by atoms with van der Waals surface area (Å²) in [6.07, 6.45) is 4.58. The molecule has 1 unspecified atom stereocenters. The quantitative estimate of drug-likeness (QED) is 0.805. The molecule has 23 heavy (non-hydrogen) atoms. The third kappa shape index (κ3) is 3.30. The molecule has 1 atom stereocenters. The van der Waals surface area contributed by atoms with E-state index in [1.54, 1.807) is 12.5 Å². The Labute approximate surface area is 135 Å². The van der Waals surface area contributed by atoms with Crippen LogP contribution in [0.3, 0.4) is 0 Å². The molecule has 2 aromatic heterocycles. The SMILES string of the molecule is c1cc(CC2COCCN(Cc3ccn[nH]3)C2)c2ccoc2c1. The first-order valence-corrected chi connectivity index (χ1v) is 8.12. The van der Waals surface area contributed by atoms with Crippen molar-refractivity contribution < 1.29 is 9.15 Å². The van der Waals surface area contributed by atoms with Gasteiger partial charge in [0.15, 0.2) is 0 Å². The van der Waals surface area contributed by atoms with Crippen LogP contribution in [-0.4, -0.2) is 41.4 Å². The summed E-state index contributed by atoms with van der Waals surface area (Å²) in [6, 6.07) is 10.4. The van der Waals surface area contributed by atoms with Gasteiger partial charge in [-0.1, -0.05) is 12.1 Å². The van der Waals surface area contributed by atoms with Crippen molar-refractivity contribution >= 4 is 11.0 Å². The molecule has 3 aromatic rings. The molecule has 5 nitrogen and oxygen atoms in total. The largest absolute Gasteiger partial charge is 0.464 e. The van der Waals surface area contributed by atoms with E-state index in [1.165, 1.54) is 10.9 Å². The average Bonchev–Trinajstić information content (AvgIpc) is 3.18. The summed E-state index contributed by atoms with van der Waals surface area (Å²) in [4.78, 5) is 2.45. The number of hydrogen-bond donors (Lipinski definition) is 1. The highest BCUT2D eigenvalue weighted by molar-refractivity contribution is 5.80. The molecule has 5 heteroatoms. The summed E-state index contributed by atoms with van der Waals surface area (Å²) in [5, 5.41) is 8.30. The fourth-order valence-electron chi connectivity index (χ4n) is 3.38. The summed E-state index contributed by atoms with van der Waals surface area (Å²) >= 11 is 0. The molecule has 0 spiro atoms. The van der Waals surface area contributed by atoms with Crippen LogP contribution < -0.4 is 0 Å². The van der Waals surface area contributed by atoms with E-state index in [0.717, 1.165) is 50.5 Å². The Morgan fingerprint density at radius 1 is 1.26 bits per heavy atom. The van der Waals surface area contributed by atoms with Crippen LogP contribution >= 0.6 is 0 Å². The van der Waals surface area contributed by atoms with Crippen molar-refractivity contribution in [2.24, 2.45) is 5.92 Å². The number of aromatic amines is 1. The molecule has 3 heterocycles. The molecule has 1 N–H and O–H groups in total. The molecule has 1 aliphatic heterocycles. The third-order valence-electron chi connectivity index (χ3n) is 4.47. The number of ether oxygens (including phenoxy) is 1. The van der Waals surface area contributed by atoms with Crippen molar-refractivity contribution in [3.63, 3.8) is 0 Å². The second kappa shape index (κ2) is 6.56. The number of H-pyrrole nitrogens is 1. The van der Waals surface area contributed by atoms with E-state index >= 15 is 0 Å². The maximum Gasteiger partial charge on any atom is 0.134 e. The van der Waals surface area contributed by atoms with Gasteiger partial charge in [-0.2, -0.15) is 5.10 Å². The van der Waals surface area contributed by atoms with Gasteiger partial charge in [0.1, 0.15) is 5.58 Å². The van der Waals surface area contributed by atoms with Gasteiger partial charge in [-0.25, -0.2) is 0 Å². The lowest BCUT2D eigenvalue weighted by molar-refractivity contribution is 0.122. The standard InChI is InChI=1S/C18H21N3O2/c1-2-15(17-5-8-23-18(17)3-1)10-14-11-21(7-9-22-13-14)12-16-4-6-19-20-16/h1-6,8,14H,7,9-13H2,(H,19,20). The lowest BCUT2D eigenvalue weighted by atomic mass is 9.97. The molecule has 1 fully saturated rings. The summed E-state index contributed by atoms with van der Waals surface area (Å²) in [5.74, 6) is 0.487. The molecule has 4 rings (SSSR count). The number of aromatic nitrogens is 2. The summed E-state index contributed by atoms with van der Waals surface area (Å²) < 4.78 is 11.3. The van der Waals surface area contributed by atoms with Crippen molar-refractivity contribution in [1.29, 1.82) is 0 Å². The number of nitrogens with one attached hydrogen (secondary N) is 1. The highest BCUT2D eigenvalue weighted by Gasteiger charge is 2.20. The van der Waals surface area contributed by atoms with Crippen LogP contribution in [0.25, 0.3) is 11.0 Å². The minimum atomic E-state index is 0.487. The summed E-state index contributed by atoms with van der Waals surface area (Å²) in [5.41, 5.74) is 3.46. The van der Waals surface area contributed by atoms with Gasteiger partial charge in [-0.3, -0.25) is 10.00 Å². The Morgan fingerprint density at radius 2 is 2.26 bits per heavy atom. The molecule has 0 saturated carbocycles. The zero-order valence-electron chi connectivity index (χ0n) is 13.1. The van der Waals surface area contributed by atoms with E-state index in [1.807, 2.05) is 12.1 Å². The van der Waals surface area contributed by atoms with Gasteiger partial charge in [0.05, 0.1) is 19.5 Å². The lowest BCUT2D eigenvalue weighted by Crippen LogP contribution is -2.30. The fraction of sp³-hybridized carbons (Fsp3) is 0.389. The van der Waals surface area contributed by atoms with Gasteiger partial charge in [0.25, 0.3) is 0 Å². The van der Waals surface area contributed by atoms with Gasteiger partial charge < -0.3 is 9.15 Å². The van der Waals surface area contributed by atoms with Crippen LogP contribution in [0.2, 0.25) is 0 Å². The zero-order valence-corrected chi connectivity index (χ0v) is 13.1. The number of furan rings is 1. The van der Waals surface area contributed by atoms with E-state index in [9.17, 15) is 0 Å². The number of nitrogens with zero attached hydrogens (tertiary/aromatic N) is 2. The fourth-order valence-corrected chi connectivity index (χ4v) is 3.38. The Hall–Kier alpha value is -2.11. The predicted octanol–water partition coefficient (Wildman–Crippen LogP) is 2.85. The van der Waals surface area contributed by atoms with Crippen LogP contribution in [0.5, 0.6) is 0 Å². The molecule has 1 aliphatic rings. The van der Waals surface area contributed by atoms with Crippen LogP contribution in [0.4, 0.5) is 0 Å². The Morgan fingerprint density at radius 3 is 3.17 bits per heavy atom. The van der Waals surface area contributed by atoms with Crippen LogP contribution in [0.1, 0.15) is 11.3 Å². The molecule has 0 radical (unpaired) electrons. The minimum Gasteiger partial charge on any atom is -0.464 e. The number of hydrogen-bond acceptors (Lipinski definition) is 4. The number of rotatable bonds is 4. The van der Waals surface area contributed by atoms with E-state index in [4.69, 9.17) is 9.15 Å². The smallest absolute Gasteiger partial charge is 0.134 e. The minimum absolute atomic E-state index is 0.487. The lowest BCUT2D eigenvalue weighted by Gasteiger charge is -2.22. The number of fused-ring (bicyclic) bond motifs is 1. The first kappa shape index (κ1) is 14.5. The van der Waals surface area contributed by atoms with Crippen molar-refractivity contribution in [2.45, 2.75) is 13.0 Å². The second-order valence-corrected chi connectivity index (χ2v) is 6.21. The average molecular weight is 311 g/mol. The van der Waals surface area contributed by atoms with Crippen molar-refractivity contribution in [3.05, 3.63) is 54.0 Å². The van der Waals surface area contributed by atoms with E-state index in [2.05, 4.69) is 33.3 Å². The molecule has 0 aliphatic carbocycles. The van der Waals surface area contributed by atoms with Gasteiger partial charge >= 0.3 is 0 Å². The van der Waals surface area contributed by atoms with E-state index < -0.39 is 0 Å². The zero-order chi connectivity index (χ0) is 15.5. The molecular formula is C18H21N3O2. The molecule has 1 aromatic carbocycles. The molecule has 1 saturated heterocycles. The monoisotopic (exact) mass is 311 g/mol. The Balaban J connectivity index is 1.48. The maximum absolute atomic E-state index is 5.83. The molecule has 0 amide bonds. The normalized spacial score (nSPS) is 19.9. The Bertz CT molecular complexity index is 751. The second-order valence-electron chi connectivity index (χ2n) is 6.21. The summed E-state index contributed by atoms with van der Waals surface area (Å²) in [7, 11) is 0. The first-order chi connectivity index (χ1) is 11.4. The van der Waals surface area contributed by atoms with Crippen LogP contribution in [-0.2, 0) is 17.7 Å². The molecule has 120 valence electrons. The maximum atomic E-state index is 5.83. The summed E-state index contributed by atoms with van der Waals surface area (Å²) in [6.45, 7) is 4.50.